The molecule has 1 aromatic rings. The van der Waals surface area contributed by atoms with Crippen molar-refractivity contribution in [3.05, 3.63) is 29.6 Å². The molecule has 2 aliphatic rings. The minimum atomic E-state index is 0.195. The number of rotatable bonds is 4. The van der Waals surface area contributed by atoms with Crippen molar-refractivity contribution in [3.8, 4) is 0 Å². The van der Waals surface area contributed by atoms with Crippen LogP contribution in [0, 0.1) is 0 Å². The van der Waals surface area contributed by atoms with E-state index in [1.54, 1.807) is 0 Å². The molecule has 1 saturated heterocycles. The quantitative estimate of drug-likeness (QED) is 0.857. The number of hydrogen-bond acceptors (Lipinski definition) is 3. The Labute approximate surface area is 103 Å². The van der Waals surface area contributed by atoms with Crippen molar-refractivity contribution in [1.29, 1.82) is 0 Å². The lowest BCUT2D eigenvalue weighted by Gasteiger charge is -2.17. The first-order valence-electron chi connectivity index (χ1n) is 6.69. The number of hydrogen-bond donors (Lipinski definition) is 1. The summed E-state index contributed by atoms with van der Waals surface area (Å²) >= 11 is 0. The zero-order valence-corrected chi connectivity index (χ0v) is 10.6. The van der Waals surface area contributed by atoms with Crippen LogP contribution in [0.4, 0.5) is 0 Å². The van der Waals surface area contributed by atoms with Gasteiger partial charge >= 0.3 is 0 Å². The van der Waals surface area contributed by atoms with E-state index in [1.807, 2.05) is 13.2 Å². The molecule has 0 unspecified atom stereocenters. The predicted octanol–water partition coefficient (Wildman–Crippen LogP) is 1.89. The molecule has 2 heterocycles. The molecule has 0 spiro atoms. The van der Waals surface area contributed by atoms with Crippen LogP contribution in [-0.2, 0) is 12.1 Å². The highest BCUT2D eigenvalue weighted by Gasteiger charge is 2.44. The first-order chi connectivity index (χ1) is 8.32. The molecule has 1 aromatic heterocycles. The van der Waals surface area contributed by atoms with Crippen molar-refractivity contribution in [2.24, 2.45) is 0 Å². The highest BCUT2D eigenvalue weighted by molar-refractivity contribution is 5.27. The van der Waals surface area contributed by atoms with Gasteiger partial charge in [-0.15, -0.1) is 0 Å². The van der Waals surface area contributed by atoms with Gasteiger partial charge in [0.15, 0.2) is 0 Å². The minimum Gasteiger partial charge on any atom is -0.309 e. The Morgan fingerprint density at radius 2 is 2.12 bits per heavy atom. The second-order valence-corrected chi connectivity index (χ2v) is 5.36. The van der Waals surface area contributed by atoms with Gasteiger partial charge in [0.05, 0.1) is 11.2 Å². The number of pyridine rings is 1. The van der Waals surface area contributed by atoms with Crippen LogP contribution in [0.15, 0.2) is 18.3 Å². The number of nitrogens with one attached hydrogen (secondary N) is 1. The summed E-state index contributed by atoms with van der Waals surface area (Å²) in [6.07, 6.45) is 7.14. The van der Waals surface area contributed by atoms with Gasteiger partial charge in [0.2, 0.25) is 0 Å². The molecule has 0 bridgehead atoms. The summed E-state index contributed by atoms with van der Waals surface area (Å²) in [7, 11) is 2.04. The maximum Gasteiger partial charge on any atom is 0.0608 e. The average molecular weight is 231 g/mol. The second kappa shape index (κ2) is 4.39. The first kappa shape index (κ1) is 11.2. The Morgan fingerprint density at radius 3 is 2.76 bits per heavy atom. The lowest BCUT2D eigenvalue weighted by molar-refractivity contribution is 0.331. The van der Waals surface area contributed by atoms with Gasteiger partial charge in [-0.05, 0) is 63.5 Å². The molecule has 1 aliphatic carbocycles. The van der Waals surface area contributed by atoms with E-state index in [-0.39, 0.29) is 5.54 Å². The lowest BCUT2D eigenvalue weighted by atomic mass is 10.1. The molecule has 1 N–H and O–H groups in total. The van der Waals surface area contributed by atoms with Crippen molar-refractivity contribution in [3.63, 3.8) is 0 Å². The molecule has 0 atom stereocenters. The molecule has 92 valence electrons. The maximum atomic E-state index is 4.54. The fourth-order valence-corrected chi connectivity index (χ4v) is 2.79. The van der Waals surface area contributed by atoms with Crippen LogP contribution in [0.1, 0.15) is 36.9 Å². The van der Waals surface area contributed by atoms with E-state index in [4.69, 9.17) is 0 Å². The molecule has 3 heteroatoms. The predicted molar refractivity (Wildman–Crippen MR) is 68.7 cm³/mol. The molecule has 3 rings (SSSR count). The fourth-order valence-electron chi connectivity index (χ4n) is 2.79. The van der Waals surface area contributed by atoms with Gasteiger partial charge in [0.1, 0.15) is 0 Å². The van der Waals surface area contributed by atoms with Crippen molar-refractivity contribution < 1.29 is 0 Å². The zero-order chi connectivity index (χ0) is 11.7. The molecule has 1 saturated carbocycles. The summed E-state index contributed by atoms with van der Waals surface area (Å²) in [6, 6.07) is 4.45. The Morgan fingerprint density at radius 1 is 1.35 bits per heavy atom. The molecule has 2 fully saturated rings. The average Bonchev–Trinajstić information content (AvgIpc) is 3.02. The molecule has 3 nitrogen and oxygen atoms in total. The molecule has 0 amide bonds. The van der Waals surface area contributed by atoms with Gasteiger partial charge in [0.25, 0.3) is 0 Å². The number of nitrogens with zero attached hydrogens (tertiary/aromatic N) is 2. The zero-order valence-electron chi connectivity index (χ0n) is 10.6. The third-order valence-electron chi connectivity index (χ3n) is 4.15. The van der Waals surface area contributed by atoms with E-state index in [2.05, 4.69) is 27.3 Å². The first-order valence-corrected chi connectivity index (χ1v) is 6.69. The smallest absolute Gasteiger partial charge is 0.0608 e. The van der Waals surface area contributed by atoms with Crippen LogP contribution in [0.5, 0.6) is 0 Å². The van der Waals surface area contributed by atoms with Crippen molar-refractivity contribution >= 4 is 0 Å². The highest BCUT2D eigenvalue weighted by atomic mass is 15.1. The van der Waals surface area contributed by atoms with Crippen LogP contribution in [0.25, 0.3) is 0 Å². The standard InChI is InChI=1S/C14H21N3/c1-15-14(5-6-14)13-10-12(4-7-16-13)11-17-8-2-3-9-17/h4,7,10,15H,2-3,5-6,8-9,11H2,1H3. The molecule has 1 aliphatic heterocycles. The van der Waals surface area contributed by atoms with Crippen molar-refractivity contribution in [1.82, 2.24) is 15.2 Å². The monoisotopic (exact) mass is 231 g/mol. The van der Waals surface area contributed by atoms with Crippen molar-refractivity contribution in [2.45, 2.75) is 37.8 Å². The van der Waals surface area contributed by atoms with Crippen LogP contribution in [-0.4, -0.2) is 30.0 Å². The topological polar surface area (TPSA) is 28.2 Å². The highest BCUT2D eigenvalue weighted by Crippen LogP contribution is 2.44. The van der Waals surface area contributed by atoms with Crippen LogP contribution in [0.2, 0.25) is 0 Å². The van der Waals surface area contributed by atoms with Gasteiger partial charge in [-0.25, -0.2) is 0 Å². The van der Waals surface area contributed by atoms with Gasteiger partial charge < -0.3 is 5.32 Å². The summed E-state index contributed by atoms with van der Waals surface area (Å²) in [6.45, 7) is 3.61. The third-order valence-corrected chi connectivity index (χ3v) is 4.15. The Bertz CT molecular complexity index is 392. The van der Waals surface area contributed by atoms with E-state index in [9.17, 15) is 0 Å². The summed E-state index contributed by atoms with van der Waals surface area (Å²) in [4.78, 5) is 7.08. The van der Waals surface area contributed by atoms with Crippen LogP contribution < -0.4 is 5.32 Å². The van der Waals surface area contributed by atoms with E-state index in [0.717, 1.165) is 6.54 Å². The van der Waals surface area contributed by atoms with Gasteiger partial charge in [-0.2, -0.15) is 0 Å². The fraction of sp³-hybridized carbons (Fsp3) is 0.643. The van der Waals surface area contributed by atoms with E-state index < -0.39 is 0 Å². The number of aromatic nitrogens is 1. The summed E-state index contributed by atoms with van der Waals surface area (Å²) in [5.74, 6) is 0. The number of likely N-dealkylation sites (tertiary alicyclic amines) is 1. The van der Waals surface area contributed by atoms with Gasteiger partial charge in [0, 0.05) is 12.7 Å². The van der Waals surface area contributed by atoms with Gasteiger partial charge in [-0.3, -0.25) is 9.88 Å². The second-order valence-electron chi connectivity index (χ2n) is 5.36. The third kappa shape index (κ3) is 2.22. The normalized spacial score (nSPS) is 22.9. The largest absolute Gasteiger partial charge is 0.309 e. The van der Waals surface area contributed by atoms with Crippen molar-refractivity contribution in [2.75, 3.05) is 20.1 Å². The molecule has 17 heavy (non-hydrogen) atoms. The summed E-state index contributed by atoms with van der Waals surface area (Å²) in [5, 5.41) is 3.41. The summed E-state index contributed by atoms with van der Waals surface area (Å²) < 4.78 is 0. The van der Waals surface area contributed by atoms with E-state index >= 15 is 0 Å². The van der Waals surface area contributed by atoms with Gasteiger partial charge in [-0.1, -0.05) is 0 Å². The molecule has 0 radical (unpaired) electrons. The SMILES string of the molecule is CNC1(c2cc(CN3CCCC3)ccn2)CC1. The lowest BCUT2D eigenvalue weighted by Crippen LogP contribution is -2.26. The van der Waals surface area contributed by atoms with E-state index in [1.165, 1.54) is 50.0 Å². The van der Waals surface area contributed by atoms with E-state index in [0.29, 0.717) is 0 Å². The molecular formula is C14H21N3. The summed E-state index contributed by atoms with van der Waals surface area (Å²) in [5.41, 5.74) is 2.84. The molecular weight excluding hydrogens is 210 g/mol. The minimum absolute atomic E-state index is 0.195. The maximum absolute atomic E-state index is 4.54. The Balaban J connectivity index is 1.74. The van der Waals surface area contributed by atoms with Crippen LogP contribution >= 0.6 is 0 Å². The Hall–Kier alpha value is -0.930. The van der Waals surface area contributed by atoms with Crippen LogP contribution in [0.3, 0.4) is 0 Å². The molecule has 0 aromatic carbocycles. The Kier molecular flexibility index (Phi) is 2.89.